The van der Waals surface area contributed by atoms with Gasteiger partial charge in [-0.1, -0.05) is 30.3 Å². The van der Waals surface area contributed by atoms with Crippen molar-refractivity contribution in [1.82, 2.24) is 15.0 Å². The van der Waals surface area contributed by atoms with Crippen LogP contribution in [-0.4, -0.2) is 27.2 Å². The number of H-pyrrole nitrogens is 1. The Bertz CT molecular complexity index is 1840. The Balaban J connectivity index is 1.28. The minimum absolute atomic E-state index is 0.172. The van der Waals surface area contributed by atoms with E-state index in [9.17, 15) is 18.0 Å². The third-order valence-electron chi connectivity index (χ3n) is 6.40. The average molecular weight is 543 g/mol. The van der Waals surface area contributed by atoms with Gasteiger partial charge in [0.05, 0.1) is 11.0 Å². The first kappa shape index (κ1) is 25.2. The summed E-state index contributed by atoms with van der Waals surface area (Å²) in [5.74, 6) is 0.252. The minimum Gasteiger partial charge on any atom is -0.454 e. The molecule has 0 atom stereocenters. The van der Waals surface area contributed by atoms with Crippen LogP contribution in [0.1, 0.15) is 27.3 Å². The molecular formula is C30H21F3N4O3. The monoisotopic (exact) mass is 542 g/mol. The summed E-state index contributed by atoms with van der Waals surface area (Å²) in [4.78, 5) is 25.7. The van der Waals surface area contributed by atoms with Crippen LogP contribution >= 0.6 is 0 Å². The number of halogens is 3. The summed E-state index contributed by atoms with van der Waals surface area (Å²) in [7, 11) is 0. The third kappa shape index (κ3) is 5.24. The second kappa shape index (κ2) is 9.88. The summed E-state index contributed by atoms with van der Waals surface area (Å²) in [5.41, 5.74) is 5.13. The molecule has 0 saturated heterocycles. The molecule has 0 saturated carbocycles. The number of carbonyl (C=O) groups is 1. The number of amides is 1. The van der Waals surface area contributed by atoms with Gasteiger partial charge in [0.15, 0.2) is 5.76 Å². The molecule has 2 N–H and O–H groups in total. The van der Waals surface area contributed by atoms with Crippen molar-refractivity contribution >= 4 is 33.6 Å². The van der Waals surface area contributed by atoms with Gasteiger partial charge < -0.3 is 19.5 Å². The molecule has 0 radical (unpaired) electrons. The molecule has 3 aromatic carbocycles. The normalized spacial score (nSPS) is 11.7. The lowest BCUT2D eigenvalue weighted by atomic mass is 10.0. The van der Waals surface area contributed by atoms with E-state index in [1.54, 1.807) is 18.3 Å². The number of carbonyl (C=O) groups excluding carboxylic acids is 1. The van der Waals surface area contributed by atoms with E-state index in [-0.39, 0.29) is 5.69 Å². The highest BCUT2D eigenvalue weighted by Crippen LogP contribution is 2.31. The van der Waals surface area contributed by atoms with Crippen LogP contribution in [0, 0.1) is 6.92 Å². The van der Waals surface area contributed by atoms with E-state index in [1.165, 1.54) is 12.1 Å². The molecule has 10 heteroatoms. The highest BCUT2D eigenvalue weighted by atomic mass is 19.4. The van der Waals surface area contributed by atoms with Crippen molar-refractivity contribution < 1.29 is 27.1 Å². The Labute approximate surface area is 225 Å². The van der Waals surface area contributed by atoms with E-state index in [0.717, 1.165) is 45.3 Å². The van der Waals surface area contributed by atoms with Crippen molar-refractivity contribution in [3.8, 4) is 17.2 Å². The standard InChI is InChI=1S/C30H21F3N4O3/c1-17-9-10-19(29(38)35-21-6-4-7-22(16-21)40-30(31,32)33)13-20(17)15-26-36-23-11-12-34-27(23)28(37-26)25-14-18-5-2-3-8-24(18)39-25/h2-14,16,34H,15H2,1H3,(H,35,38). The Morgan fingerprint density at radius 2 is 1.85 bits per heavy atom. The van der Waals surface area contributed by atoms with Crippen LogP contribution in [-0.2, 0) is 6.42 Å². The maximum Gasteiger partial charge on any atom is 0.573 e. The number of rotatable bonds is 6. The van der Waals surface area contributed by atoms with Crippen molar-refractivity contribution in [1.29, 1.82) is 0 Å². The highest BCUT2D eigenvalue weighted by Gasteiger charge is 2.31. The SMILES string of the molecule is Cc1ccc(C(=O)Nc2cccc(OC(F)(F)F)c2)cc1Cc1nc(-c2cc3ccccc3o2)c2[nH]ccc2n1. The highest BCUT2D eigenvalue weighted by molar-refractivity contribution is 6.04. The second-order valence-electron chi connectivity index (χ2n) is 9.22. The fraction of sp³-hybridized carbons (Fsp3) is 0.100. The van der Waals surface area contributed by atoms with Gasteiger partial charge in [-0.2, -0.15) is 0 Å². The van der Waals surface area contributed by atoms with E-state index in [1.807, 2.05) is 49.4 Å². The second-order valence-corrected chi connectivity index (χ2v) is 9.22. The van der Waals surface area contributed by atoms with Crippen LogP contribution in [0.4, 0.5) is 18.9 Å². The molecule has 6 aromatic rings. The van der Waals surface area contributed by atoms with Gasteiger partial charge >= 0.3 is 6.36 Å². The van der Waals surface area contributed by atoms with E-state index >= 15 is 0 Å². The van der Waals surface area contributed by atoms with Gasteiger partial charge in [0.1, 0.15) is 22.9 Å². The van der Waals surface area contributed by atoms with Crippen molar-refractivity contribution in [2.24, 2.45) is 0 Å². The third-order valence-corrected chi connectivity index (χ3v) is 6.40. The van der Waals surface area contributed by atoms with Crippen molar-refractivity contribution in [2.45, 2.75) is 19.7 Å². The average Bonchev–Trinajstić information content (AvgIpc) is 3.56. The summed E-state index contributed by atoms with van der Waals surface area (Å²) in [6.45, 7) is 1.92. The Kier molecular flexibility index (Phi) is 6.22. The quantitative estimate of drug-likeness (QED) is 0.228. The molecule has 3 aromatic heterocycles. The molecule has 7 nitrogen and oxygen atoms in total. The number of ether oxygens (including phenoxy) is 1. The number of nitrogens with zero attached hydrogens (tertiary/aromatic N) is 2. The maximum absolute atomic E-state index is 13.0. The lowest BCUT2D eigenvalue weighted by molar-refractivity contribution is -0.274. The molecule has 0 unspecified atom stereocenters. The van der Waals surface area contributed by atoms with Gasteiger partial charge in [0.25, 0.3) is 5.91 Å². The number of aryl methyl sites for hydroxylation is 1. The number of aromatic amines is 1. The summed E-state index contributed by atoms with van der Waals surface area (Å²) in [6, 6.07) is 21.8. The van der Waals surface area contributed by atoms with Gasteiger partial charge in [-0.15, -0.1) is 13.2 Å². The molecular weight excluding hydrogens is 521 g/mol. The number of benzene rings is 3. The van der Waals surface area contributed by atoms with Gasteiger partial charge in [0.2, 0.25) is 0 Å². The smallest absolute Gasteiger partial charge is 0.454 e. The number of aromatic nitrogens is 3. The number of alkyl halides is 3. The van der Waals surface area contributed by atoms with Crippen LogP contribution in [0.5, 0.6) is 5.75 Å². The predicted molar refractivity (Wildman–Crippen MR) is 144 cm³/mol. The van der Waals surface area contributed by atoms with Crippen LogP contribution in [0.2, 0.25) is 0 Å². The number of furan rings is 1. The van der Waals surface area contributed by atoms with E-state index in [0.29, 0.717) is 29.3 Å². The molecule has 1 amide bonds. The molecule has 0 aliphatic carbocycles. The summed E-state index contributed by atoms with van der Waals surface area (Å²) in [6.07, 6.45) is -2.69. The Hall–Kier alpha value is -5.12. The molecule has 200 valence electrons. The minimum atomic E-state index is -4.83. The first-order valence-corrected chi connectivity index (χ1v) is 12.3. The Morgan fingerprint density at radius 3 is 2.67 bits per heavy atom. The molecule has 6 rings (SSSR count). The zero-order valence-electron chi connectivity index (χ0n) is 21.0. The van der Waals surface area contributed by atoms with Crippen molar-refractivity contribution in [3.63, 3.8) is 0 Å². The number of hydrogen-bond acceptors (Lipinski definition) is 5. The first-order valence-electron chi connectivity index (χ1n) is 12.3. The number of anilines is 1. The number of nitrogens with one attached hydrogen (secondary N) is 2. The lowest BCUT2D eigenvalue weighted by Crippen LogP contribution is -2.17. The Morgan fingerprint density at radius 1 is 1.00 bits per heavy atom. The van der Waals surface area contributed by atoms with Crippen molar-refractivity contribution in [3.05, 3.63) is 108 Å². The maximum atomic E-state index is 13.0. The van der Waals surface area contributed by atoms with E-state index < -0.39 is 18.0 Å². The molecule has 0 spiro atoms. The molecule has 40 heavy (non-hydrogen) atoms. The first-order chi connectivity index (χ1) is 19.2. The molecule has 0 fully saturated rings. The zero-order chi connectivity index (χ0) is 27.9. The molecule has 3 heterocycles. The summed E-state index contributed by atoms with van der Waals surface area (Å²) >= 11 is 0. The zero-order valence-corrected chi connectivity index (χ0v) is 21.0. The predicted octanol–water partition coefficient (Wildman–Crippen LogP) is 7.42. The summed E-state index contributed by atoms with van der Waals surface area (Å²) in [5, 5.41) is 3.59. The summed E-state index contributed by atoms with van der Waals surface area (Å²) < 4.78 is 47.7. The van der Waals surface area contributed by atoms with Gasteiger partial charge in [-0.25, -0.2) is 9.97 Å². The van der Waals surface area contributed by atoms with Gasteiger partial charge in [-0.3, -0.25) is 4.79 Å². The van der Waals surface area contributed by atoms with Crippen LogP contribution in [0.25, 0.3) is 33.5 Å². The lowest BCUT2D eigenvalue weighted by Gasteiger charge is -2.12. The fourth-order valence-corrected chi connectivity index (χ4v) is 4.50. The molecule has 0 bridgehead atoms. The number of para-hydroxylation sites is 1. The topological polar surface area (TPSA) is 93.0 Å². The molecule has 0 aliphatic heterocycles. The van der Waals surface area contributed by atoms with Gasteiger partial charge in [0, 0.05) is 35.3 Å². The van der Waals surface area contributed by atoms with Crippen LogP contribution in [0.3, 0.4) is 0 Å². The van der Waals surface area contributed by atoms with Crippen LogP contribution in [0.15, 0.2) is 89.5 Å². The van der Waals surface area contributed by atoms with Gasteiger partial charge in [-0.05, 0) is 60.5 Å². The number of fused-ring (bicyclic) bond motifs is 2. The molecule has 0 aliphatic rings. The van der Waals surface area contributed by atoms with E-state index in [2.05, 4.69) is 15.0 Å². The van der Waals surface area contributed by atoms with Crippen LogP contribution < -0.4 is 10.1 Å². The van der Waals surface area contributed by atoms with E-state index in [4.69, 9.17) is 14.4 Å². The van der Waals surface area contributed by atoms with Crippen molar-refractivity contribution in [2.75, 3.05) is 5.32 Å². The number of hydrogen-bond donors (Lipinski definition) is 2. The fourth-order valence-electron chi connectivity index (χ4n) is 4.50. The largest absolute Gasteiger partial charge is 0.573 e.